The number of rotatable bonds is 2. The van der Waals surface area contributed by atoms with Gasteiger partial charge in [0.25, 0.3) is 5.91 Å². The van der Waals surface area contributed by atoms with E-state index in [-0.39, 0.29) is 12.5 Å². The van der Waals surface area contributed by atoms with E-state index in [2.05, 4.69) is 10.1 Å². The van der Waals surface area contributed by atoms with Crippen LogP contribution in [0.25, 0.3) is 0 Å². The highest BCUT2D eigenvalue weighted by Crippen LogP contribution is 2.15. The molecule has 2 aliphatic rings. The summed E-state index contributed by atoms with van der Waals surface area (Å²) in [4.78, 5) is 23.6. The number of hydrogen-bond donors (Lipinski definition) is 1. The Balaban J connectivity index is 1.89. The monoisotopic (exact) mass is 198 g/mol. The molecule has 2 heterocycles. The van der Waals surface area contributed by atoms with Gasteiger partial charge in [0.1, 0.15) is 0 Å². The molecule has 0 aromatic heterocycles. The molecular formula is C9H14N2O3. The van der Waals surface area contributed by atoms with E-state index in [1.165, 1.54) is 4.90 Å². The summed E-state index contributed by atoms with van der Waals surface area (Å²) in [7, 11) is 0. The summed E-state index contributed by atoms with van der Waals surface area (Å²) in [6.45, 7) is 2.34. The molecule has 2 saturated heterocycles. The molecule has 78 valence electrons. The zero-order chi connectivity index (χ0) is 9.97. The number of nitrogens with zero attached hydrogens (tertiary/aromatic N) is 1. The molecule has 0 spiro atoms. The summed E-state index contributed by atoms with van der Waals surface area (Å²) in [5, 5.41) is 3.25. The fraction of sp³-hybridized carbons (Fsp3) is 0.778. The molecule has 2 fully saturated rings. The van der Waals surface area contributed by atoms with E-state index in [4.69, 9.17) is 0 Å². The summed E-state index contributed by atoms with van der Waals surface area (Å²) in [6.07, 6.45) is 1.70. The van der Waals surface area contributed by atoms with Crippen LogP contribution in [0.2, 0.25) is 0 Å². The number of ether oxygens (including phenoxy) is 1. The molecule has 5 nitrogen and oxygen atoms in total. The molecule has 1 atom stereocenters. The lowest BCUT2D eigenvalue weighted by atomic mass is 9.99. The van der Waals surface area contributed by atoms with E-state index in [1.54, 1.807) is 0 Å². The van der Waals surface area contributed by atoms with E-state index >= 15 is 0 Å². The van der Waals surface area contributed by atoms with Gasteiger partial charge >= 0.3 is 6.09 Å². The molecule has 0 aromatic carbocycles. The molecule has 14 heavy (non-hydrogen) atoms. The Morgan fingerprint density at radius 3 is 2.93 bits per heavy atom. The molecule has 0 unspecified atom stereocenters. The van der Waals surface area contributed by atoms with Crippen LogP contribution in [0.3, 0.4) is 0 Å². The summed E-state index contributed by atoms with van der Waals surface area (Å²) in [5.74, 6) is 0.180. The Kier molecular flexibility index (Phi) is 2.67. The van der Waals surface area contributed by atoms with Crippen molar-refractivity contribution in [2.45, 2.75) is 12.8 Å². The van der Waals surface area contributed by atoms with Crippen molar-refractivity contribution in [3.05, 3.63) is 0 Å². The highest BCUT2D eigenvalue weighted by Gasteiger charge is 2.32. The predicted octanol–water partition coefficient (Wildman–Crippen LogP) is -0.0352. The van der Waals surface area contributed by atoms with Gasteiger partial charge in [-0.3, -0.25) is 4.79 Å². The van der Waals surface area contributed by atoms with Crippen LogP contribution >= 0.6 is 0 Å². The first-order chi connectivity index (χ1) is 6.77. The minimum atomic E-state index is -0.486. The maximum absolute atomic E-state index is 11.2. The molecule has 0 bridgehead atoms. The summed E-state index contributed by atoms with van der Waals surface area (Å²) >= 11 is 0. The minimum absolute atomic E-state index is 0.0843. The first-order valence-corrected chi connectivity index (χ1v) is 4.95. The van der Waals surface area contributed by atoms with Crippen molar-refractivity contribution in [1.29, 1.82) is 0 Å². The van der Waals surface area contributed by atoms with Gasteiger partial charge in [-0.1, -0.05) is 0 Å². The van der Waals surface area contributed by atoms with Gasteiger partial charge in [-0.15, -0.1) is 0 Å². The summed E-state index contributed by atoms with van der Waals surface area (Å²) < 4.78 is 4.64. The van der Waals surface area contributed by atoms with Gasteiger partial charge in [0, 0.05) is 6.54 Å². The number of imide groups is 1. The summed E-state index contributed by atoms with van der Waals surface area (Å²) in [6, 6.07) is 0. The zero-order valence-corrected chi connectivity index (χ0v) is 7.99. The van der Waals surface area contributed by atoms with Gasteiger partial charge in [-0.25, -0.2) is 9.69 Å². The fourth-order valence-electron chi connectivity index (χ4n) is 1.90. The highest BCUT2D eigenvalue weighted by atomic mass is 16.6. The Hall–Kier alpha value is -1.10. The first-order valence-electron chi connectivity index (χ1n) is 4.95. The number of amides is 2. The normalized spacial score (nSPS) is 28.0. The lowest BCUT2D eigenvalue weighted by Gasteiger charge is -2.25. The van der Waals surface area contributed by atoms with Crippen LogP contribution in [0, 0.1) is 5.92 Å². The van der Waals surface area contributed by atoms with Crippen LogP contribution < -0.4 is 5.32 Å². The first kappa shape index (κ1) is 9.45. The van der Waals surface area contributed by atoms with Crippen molar-refractivity contribution in [3.8, 4) is 0 Å². The van der Waals surface area contributed by atoms with E-state index in [1.807, 2.05) is 0 Å². The van der Waals surface area contributed by atoms with Gasteiger partial charge in [-0.05, 0) is 31.8 Å². The molecule has 0 radical (unpaired) electrons. The smallest absolute Gasteiger partial charge is 0.417 e. The van der Waals surface area contributed by atoms with Crippen LogP contribution in [0.4, 0.5) is 4.79 Å². The van der Waals surface area contributed by atoms with E-state index in [9.17, 15) is 9.59 Å². The molecule has 2 rings (SSSR count). The average molecular weight is 198 g/mol. The van der Waals surface area contributed by atoms with Crippen molar-refractivity contribution in [1.82, 2.24) is 10.2 Å². The van der Waals surface area contributed by atoms with E-state index < -0.39 is 6.09 Å². The number of hydrogen-bond acceptors (Lipinski definition) is 4. The predicted molar refractivity (Wildman–Crippen MR) is 48.7 cm³/mol. The van der Waals surface area contributed by atoms with Crippen molar-refractivity contribution >= 4 is 12.0 Å². The van der Waals surface area contributed by atoms with Gasteiger partial charge in [0.05, 0.1) is 0 Å². The molecule has 0 aromatic rings. The Morgan fingerprint density at radius 1 is 1.50 bits per heavy atom. The number of piperidine rings is 1. The van der Waals surface area contributed by atoms with Gasteiger partial charge in [0.15, 0.2) is 6.61 Å². The topological polar surface area (TPSA) is 58.6 Å². The molecular weight excluding hydrogens is 184 g/mol. The maximum Gasteiger partial charge on any atom is 0.417 e. The van der Waals surface area contributed by atoms with Crippen molar-refractivity contribution in [2.75, 3.05) is 26.2 Å². The third kappa shape index (κ3) is 1.87. The lowest BCUT2D eigenvalue weighted by molar-refractivity contribution is -0.126. The Labute approximate surface area is 82.4 Å². The number of carbonyl (C=O) groups is 2. The highest BCUT2D eigenvalue weighted by molar-refractivity contribution is 5.97. The molecule has 1 N–H and O–H groups in total. The second kappa shape index (κ2) is 3.96. The van der Waals surface area contributed by atoms with Gasteiger partial charge in [0.2, 0.25) is 0 Å². The van der Waals surface area contributed by atoms with Crippen molar-refractivity contribution in [2.24, 2.45) is 5.92 Å². The SMILES string of the molecule is O=C1COC(=O)N1C[C@H]1CCCNC1. The number of cyclic esters (lactones) is 1. The Bertz CT molecular complexity index is 232. The maximum atomic E-state index is 11.2. The second-order valence-corrected chi connectivity index (χ2v) is 3.77. The van der Waals surface area contributed by atoms with Crippen molar-refractivity contribution in [3.63, 3.8) is 0 Å². The Morgan fingerprint density at radius 2 is 2.36 bits per heavy atom. The third-order valence-corrected chi connectivity index (χ3v) is 2.68. The van der Waals surface area contributed by atoms with Crippen molar-refractivity contribution < 1.29 is 14.3 Å². The van der Waals surface area contributed by atoms with Crippen LogP contribution in [0.1, 0.15) is 12.8 Å². The fourth-order valence-corrected chi connectivity index (χ4v) is 1.90. The van der Waals surface area contributed by atoms with Crippen LogP contribution in [-0.2, 0) is 9.53 Å². The van der Waals surface area contributed by atoms with E-state index in [0.717, 1.165) is 25.9 Å². The molecule has 0 aliphatic carbocycles. The quantitative estimate of drug-likeness (QED) is 0.676. The standard InChI is InChI=1S/C9H14N2O3/c12-8-6-14-9(13)11(8)5-7-2-1-3-10-4-7/h7,10H,1-6H2/t7-/m0/s1. The van der Waals surface area contributed by atoms with Gasteiger partial charge < -0.3 is 10.1 Å². The molecule has 2 amide bonds. The van der Waals surface area contributed by atoms with Crippen LogP contribution in [-0.4, -0.2) is 43.1 Å². The van der Waals surface area contributed by atoms with Crippen LogP contribution in [0.15, 0.2) is 0 Å². The van der Waals surface area contributed by atoms with Crippen LogP contribution in [0.5, 0.6) is 0 Å². The number of carbonyl (C=O) groups excluding carboxylic acids is 2. The second-order valence-electron chi connectivity index (χ2n) is 3.77. The van der Waals surface area contributed by atoms with Gasteiger partial charge in [-0.2, -0.15) is 0 Å². The third-order valence-electron chi connectivity index (χ3n) is 2.68. The average Bonchev–Trinajstić information content (AvgIpc) is 2.51. The minimum Gasteiger partial charge on any atom is -0.439 e. The summed E-state index contributed by atoms with van der Waals surface area (Å²) in [5.41, 5.74) is 0. The number of nitrogens with one attached hydrogen (secondary N) is 1. The lowest BCUT2D eigenvalue weighted by Crippen LogP contribution is -2.40. The van der Waals surface area contributed by atoms with E-state index in [0.29, 0.717) is 12.5 Å². The molecule has 0 saturated carbocycles. The molecule has 5 heteroatoms. The largest absolute Gasteiger partial charge is 0.439 e. The zero-order valence-electron chi connectivity index (χ0n) is 7.99. The molecule has 2 aliphatic heterocycles.